The summed E-state index contributed by atoms with van der Waals surface area (Å²) in [6.45, 7) is 3.27. The normalized spacial score (nSPS) is 12.1. The number of nitrogens with zero attached hydrogens (tertiary/aromatic N) is 4. The summed E-state index contributed by atoms with van der Waals surface area (Å²) in [7, 11) is 4.06. The van der Waals surface area contributed by atoms with E-state index in [2.05, 4.69) is 63.7 Å². The van der Waals surface area contributed by atoms with Gasteiger partial charge in [0.25, 0.3) is 0 Å². The van der Waals surface area contributed by atoms with Crippen LogP contribution in [0.15, 0.2) is 82.6 Å². The predicted octanol–water partition coefficient (Wildman–Crippen LogP) is 4.66. The van der Waals surface area contributed by atoms with Gasteiger partial charge in [0.1, 0.15) is 0 Å². The molecule has 35 heavy (non-hydrogen) atoms. The Morgan fingerprint density at radius 2 is 1.80 bits per heavy atom. The van der Waals surface area contributed by atoms with Gasteiger partial charge < -0.3 is 14.6 Å². The van der Waals surface area contributed by atoms with Gasteiger partial charge in [0.15, 0.2) is 10.9 Å². The zero-order chi connectivity index (χ0) is 24.6. The van der Waals surface area contributed by atoms with Crippen LogP contribution in [0, 0.1) is 0 Å². The Bertz CT molecular complexity index is 1200. The number of likely N-dealkylation sites (N-methyl/N-ethyl adjacent to an activating group) is 1. The highest BCUT2D eigenvalue weighted by Gasteiger charge is 2.19. The quantitative estimate of drug-likeness (QED) is 0.309. The lowest BCUT2D eigenvalue weighted by Gasteiger charge is -2.25. The number of hydrogen-bond acceptors (Lipinski definition) is 6. The van der Waals surface area contributed by atoms with Crippen molar-refractivity contribution in [3.8, 4) is 11.6 Å². The Hall–Kier alpha value is -3.36. The fourth-order valence-corrected chi connectivity index (χ4v) is 4.63. The summed E-state index contributed by atoms with van der Waals surface area (Å²) in [4.78, 5) is 14.9. The number of nitrogens with one attached hydrogen (secondary N) is 1. The first-order chi connectivity index (χ1) is 17.0. The molecule has 182 valence electrons. The van der Waals surface area contributed by atoms with Crippen LogP contribution >= 0.6 is 11.8 Å². The predicted molar refractivity (Wildman–Crippen MR) is 139 cm³/mol. The maximum absolute atomic E-state index is 12.8. The Labute approximate surface area is 210 Å². The van der Waals surface area contributed by atoms with E-state index >= 15 is 0 Å². The topological polar surface area (TPSA) is 76.2 Å². The van der Waals surface area contributed by atoms with E-state index in [0.29, 0.717) is 29.8 Å². The molecule has 0 saturated heterocycles. The second kappa shape index (κ2) is 11.9. The molecule has 0 aliphatic rings. The third-order valence-corrected chi connectivity index (χ3v) is 6.83. The molecule has 7 nitrogen and oxygen atoms in total. The average molecular weight is 490 g/mol. The van der Waals surface area contributed by atoms with Crippen molar-refractivity contribution in [3.63, 3.8) is 0 Å². The van der Waals surface area contributed by atoms with E-state index in [0.717, 1.165) is 12.0 Å². The monoisotopic (exact) mass is 489 g/mol. The van der Waals surface area contributed by atoms with Gasteiger partial charge in [-0.1, -0.05) is 73.3 Å². The second-order valence-corrected chi connectivity index (χ2v) is 9.47. The Morgan fingerprint density at radius 3 is 2.46 bits per heavy atom. The van der Waals surface area contributed by atoms with E-state index in [4.69, 9.17) is 4.42 Å². The summed E-state index contributed by atoms with van der Waals surface area (Å²) in [6.07, 6.45) is 2.63. The molecule has 8 heteroatoms. The van der Waals surface area contributed by atoms with Gasteiger partial charge in [-0.2, -0.15) is 0 Å². The van der Waals surface area contributed by atoms with Crippen molar-refractivity contribution in [1.82, 2.24) is 25.0 Å². The molecule has 2 aromatic heterocycles. The van der Waals surface area contributed by atoms with Crippen molar-refractivity contribution in [2.45, 2.75) is 31.1 Å². The summed E-state index contributed by atoms with van der Waals surface area (Å²) < 4.78 is 7.55. The molecule has 1 unspecified atom stereocenters. The fourth-order valence-electron chi connectivity index (χ4n) is 3.86. The van der Waals surface area contributed by atoms with E-state index in [-0.39, 0.29) is 17.7 Å². The SMILES string of the molecule is CCc1ccc(C(CNC(=O)CSc2nnc(-c3ccco3)n2Cc2ccccc2)N(C)C)cc1. The number of hydrogen-bond donors (Lipinski definition) is 1. The lowest BCUT2D eigenvalue weighted by Crippen LogP contribution is -2.35. The number of thioether (sulfide) groups is 1. The summed E-state index contributed by atoms with van der Waals surface area (Å²) in [5.74, 6) is 1.50. The van der Waals surface area contributed by atoms with Gasteiger partial charge in [0.2, 0.25) is 11.7 Å². The molecule has 1 amide bonds. The first-order valence-electron chi connectivity index (χ1n) is 11.7. The molecule has 0 bridgehead atoms. The molecule has 0 radical (unpaired) electrons. The van der Waals surface area contributed by atoms with Crippen molar-refractivity contribution >= 4 is 17.7 Å². The number of amides is 1. The molecule has 0 spiro atoms. The molecule has 0 aliphatic heterocycles. The van der Waals surface area contributed by atoms with E-state index in [1.165, 1.54) is 22.9 Å². The third-order valence-electron chi connectivity index (χ3n) is 5.86. The van der Waals surface area contributed by atoms with Crippen LogP contribution in [-0.4, -0.2) is 52.0 Å². The van der Waals surface area contributed by atoms with Gasteiger partial charge >= 0.3 is 0 Å². The summed E-state index contributed by atoms with van der Waals surface area (Å²) in [5.41, 5.74) is 3.61. The van der Waals surface area contributed by atoms with Gasteiger partial charge in [-0.15, -0.1) is 10.2 Å². The Kier molecular flexibility index (Phi) is 8.39. The first-order valence-corrected chi connectivity index (χ1v) is 12.7. The van der Waals surface area contributed by atoms with E-state index in [9.17, 15) is 4.79 Å². The molecule has 4 rings (SSSR count). The number of furan rings is 1. The van der Waals surface area contributed by atoms with E-state index in [1.54, 1.807) is 6.26 Å². The van der Waals surface area contributed by atoms with Crippen molar-refractivity contribution in [2.24, 2.45) is 0 Å². The van der Waals surface area contributed by atoms with Crippen LogP contribution in [-0.2, 0) is 17.8 Å². The molecule has 0 aliphatic carbocycles. The average Bonchev–Trinajstić information content (AvgIpc) is 3.54. The van der Waals surface area contributed by atoms with Crippen molar-refractivity contribution in [2.75, 3.05) is 26.4 Å². The largest absolute Gasteiger partial charge is 0.461 e. The Morgan fingerprint density at radius 1 is 1.03 bits per heavy atom. The number of carbonyl (C=O) groups excluding carboxylic acids is 1. The number of rotatable bonds is 11. The molecular weight excluding hydrogens is 458 g/mol. The van der Waals surface area contributed by atoms with E-state index in [1.807, 2.05) is 49.0 Å². The number of carbonyl (C=O) groups is 1. The fraction of sp³-hybridized carbons (Fsp3) is 0.296. The summed E-state index contributed by atoms with van der Waals surface area (Å²) >= 11 is 1.38. The summed E-state index contributed by atoms with van der Waals surface area (Å²) in [5, 5.41) is 12.5. The molecule has 4 aromatic rings. The maximum atomic E-state index is 12.8. The molecule has 2 heterocycles. The minimum atomic E-state index is -0.0409. The molecule has 2 aromatic carbocycles. The number of benzene rings is 2. The van der Waals surface area contributed by atoms with Crippen LogP contribution in [0.3, 0.4) is 0 Å². The van der Waals surface area contributed by atoms with Crippen molar-refractivity contribution < 1.29 is 9.21 Å². The zero-order valence-electron chi connectivity index (χ0n) is 20.3. The van der Waals surface area contributed by atoms with E-state index < -0.39 is 0 Å². The number of aryl methyl sites for hydroxylation is 1. The van der Waals surface area contributed by atoms with Crippen LogP contribution in [0.1, 0.15) is 29.7 Å². The van der Waals surface area contributed by atoms with Gasteiger partial charge in [0, 0.05) is 6.54 Å². The highest BCUT2D eigenvalue weighted by molar-refractivity contribution is 7.99. The van der Waals surface area contributed by atoms with Crippen LogP contribution in [0.2, 0.25) is 0 Å². The lowest BCUT2D eigenvalue weighted by atomic mass is 10.0. The van der Waals surface area contributed by atoms with Crippen molar-refractivity contribution in [1.29, 1.82) is 0 Å². The highest BCUT2D eigenvalue weighted by atomic mass is 32.2. The van der Waals surface area contributed by atoms with Crippen LogP contribution < -0.4 is 5.32 Å². The minimum absolute atomic E-state index is 0.0409. The molecular formula is C27H31N5O2S. The lowest BCUT2D eigenvalue weighted by molar-refractivity contribution is -0.118. The van der Waals surface area contributed by atoms with Crippen molar-refractivity contribution in [3.05, 3.63) is 89.7 Å². The smallest absolute Gasteiger partial charge is 0.230 e. The van der Waals surface area contributed by atoms with Crippen LogP contribution in [0.25, 0.3) is 11.6 Å². The second-order valence-electron chi connectivity index (χ2n) is 8.52. The summed E-state index contributed by atoms with van der Waals surface area (Å²) in [6, 6.07) is 22.5. The third kappa shape index (κ3) is 6.41. The van der Waals surface area contributed by atoms with Crippen LogP contribution in [0.4, 0.5) is 0 Å². The molecule has 1 atom stereocenters. The molecule has 1 N–H and O–H groups in total. The van der Waals surface area contributed by atoms with Gasteiger partial charge in [-0.05, 0) is 49.3 Å². The molecule has 0 fully saturated rings. The molecule has 0 saturated carbocycles. The van der Waals surface area contributed by atoms with Gasteiger partial charge in [0.05, 0.1) is 24.6 Å². The standard InChI is InChI=1S/C27H31N5O2S/c1-4-20-12-14-22(15-13-20)23(31(2)3)17-28-25(33)19-35-27-30-29-26(24-11-8-16-34-24)32(27)18-21-9-6-5-7-10-21/h5-16,23H,4,17-19H2,1-3H3,(H,28,33). The van der Waals surface area contributed by atoms with Gasteiger partial charge in [-0.25, -0.2) is 0 Å². The zero-order valence-corrected chi connectivity index (χ0v) is 21.2. The minimum Gasteiger partial charge on any atom is -0.461 e. The number of aromatic nitrogens is 3. The Balaban J connectivity index is 1.41. The van der Waals surface area contributed by atoms with Crippen LogP contribution in [0.5, 0.6) is 0 Å². The van der Waals surface area contributed by atoms with Gasteiger partial charge in [-0.3, -0.25) is 9.36 Å². The highest BCUT2D eigenvalue weighted by Crippen LogP contribution is 2.25. The first kappa shape index (κ1) is 24.8. The maximum Gasteiger partial charge on any atom is 0.230 e.